The van der Waals surface area contributed by atoms with E-state index in [1.54, 1.807) is 0 Å². The Morgan fingerprint density at radius 1 is 0.682 bits per heavy atom. The zero-order valence-electron chi connectivity index (χ0n) is 12.6. The van der Waals surface area contributed by atoms with Gasteiger partial charge in [0, 0.05) is 25.2 Å². The van der Waals surface area contributed by atoms with Crippen molar-refractivity contribution >= 4 is 35.3 Å². The van der Waals surface area contributed by atoms with Gasteiger partial charge in [-0.3, -0.25) is 9.59 Å². The summed E-state index contributed by atoms with van der Waals surface area (Å²) in [6.45, 7) is 2.97. The Kier molecular flexibility index (Phi) is 5.09. The Hall–Kier alpha value is -2.88. The molecule has 0 spiro atoms. The number of nitrogens with one attached hydrogen (secondary N) is 2. The summed E-state index contributed by atoms with van der Waals surface area (Å²) in [4.78, 5) is 21.9. The van der Waals surface area contributed by atoms with Crippen LogP contribution in [0, 0.1) is 0 Å². The first-order valence-electron chi connectivity index (χ1n) is 6.96. The van der Waals surface area contributed by atoms with E-state index in [0.717, 1.165) is 22.5 Å². The lowest BCUT2D eigenvalue weighted by molar-refractivity contribution is -0.115. The normalized spacial score (nSPS) is 10.5. The third kappa shape index (κ3) is 4.90. The second kappa shape index (κ2) is 7.22. The van der Waals surface area contributed by atoms with Gasteiger partial charge in [-0.1, -0.05) is 36.4 Å². The van der Waals surface area contributed by atoms with Gasteiger partial charge in [0.05, 0.1) is 0 Å². The monoisotopic (exact) mass is 294 g/mol. The minimum atomic E-state index is -0.0810. The second-order valence-corrected chi connectivity index (χ2v) is 4.94. The van der Waals surface area contributed by atoms with Crippen LogP contribution in [0.2, 0.25) is 0 Å². The molecule has 0 fully saturated rings. The summed E-state index contributed by atoms with van der Waals surface area (Å²) in [7, 11) is 0. The average Bonchev–Trinajstić information content (AvgIpc) is 2.47. The van der Waals surface area contributed by atoms with Crippen molar-refractivity contribution in [2.75, 3.05) is 10.6 Å². The first-order valence-corrected chi connectivity index (χ1v) is 6.96. The zero-order chi connectivity index (χ0) is 15.9. The maximum atomic E-state index is 11.0. The summed E-state index contributed by atoms with van der Waals surface area (Å²) >= 11 is 0. The minimum Gasteiger partial charge on any atom is -0.326 e. The van der Waals surface area contributed by atoms with E-state index < -0.39 is 0 Å². The summed E-state index contributed by atoms with van der Waals surface area (Å²) in [5.74, 6) is -0.162. The van der Waals surface area contributed by atoms with Crippen LogP contribution in [0.1, 0.15) is 25.0 Å². The second-order valence-electron chi connectivity index (χ2n) is 4.94. The first kappa shape index (κ1) is 15.5. The number of benzene rings is 2. The molecule has 112 valence electrons. The zero-order valence-corrected chi connectivity index (χ0v) is 12.6. The van der Waals surface area contributed by atoms with E-state index in [0.29, 0.717) is 0 Å². The predicted molar refractivity (Wildman–Crippen MR) is 90.4 cm³/mol. The van der Waals surface area contributed by atoms with E-state index in [4.69, 9.17) is 0 Å². The number of rotatable bonds is 4. The molecule has 4 nitrogen and oxygen atoms in total. The number of hydrogen-bond donors (Lipinski definition) is 2. The number of carbonyl (C=O) groups is 2. The molecule has 0 radical (unpaired) electrons. The lowest BCUT2D eigenvalue weighted by Crippen LogP contribution is -2.05. The molecule has 2 aromatic carbocycles. The summed E-state index contributed by atoms with van der Waals surface area (Å²) in [6, 6.07) is 15.2. The third-order valence-electron chi connectivity index (χ3n) is 2.93. The quantitative estimate of drug-likeness (QED) is 0.843. The van der Waals surface area contributed by atoms with E-state index in [-0.39, 0.29) is 11.8 Å². The van der Waals surface area contributed by atoms with E-state index in [2.05, 4.69) is 10.6 Å². The van der Waals surface area contributed by atoms with Crippen LogP contribution in [-0.4, -0.2) is 11.8 Å². The van der Waals surface area contributed by atoms with Gasteiger partial charge < -0.3 is 10.6 Å². The molecule has 0 aliphatic rings. The summed E-state index contributed by atoms with van der Waals surface area (Å²) < 4.78 is 0. The van der Waals surface area contributed by atoms with Crippen LogP contribution in [0.5, 0.6) is 0 Å². The topological polar surface area (TPSA) is 58.2 Å². The fourth-order valence-electron chi connectivity index (χ4n) is 1.95. The lowest BCUT2D eigenvalue weighted by atomic mass is 10.1. The highest BCUT2D eigenvalue weighted by atomic mass is 16.2. The summed E-state index contributed by atoms with van der Waals surface area (Å²) in [5.41, 5.74) is 3.65. The molecular formula is C18H18N2O2. The van der Waals surface area contributed by atoms with Crippen LogP contribution in [-0.2, 0) is 9.59 Å². The van der Waals surface area contributed by atoms with Crippen LogP contribution in [0.25, 0.3) is 12.2 Å². The van der Waals surface area contributed by atoms with Crippen LogP contribution in [0.15, 0.2) is 48.5 Å². The predicted octanol–water partition coefficient (Wildman–Crippen LogP) is 3.77. The molecule has 2 aromatic rings. The molecule has 0 aliphatic heterocycles. The molecule has 2 amide bonds. The Morgan fingerprint density at radius 2 is 1.00 bits per heavy atom. The van der Waals surface area contributed by atoms with Gasteiger partial charge >= 0.3 is 0 Å². The Bertz CT molecular complexity index is 625. The minimum absolute atomic E-state index is 0.0810. The molecule has 0 bridgehead atoms. The largest absolute Gasteiger partial charge is 0.326 e. The molecule has 4 heteroatoms. The fourth-order valence-corrected chi connectivity index (χ4v) is 1.95. The van der Waals surface area contributed by atoms with Gasteiger partial charge in [-0.2, -0.15) is 0 Å². The Labute approximate surface area is 129 Å². The highest BCUT2D eigenvalue weighted by molar-refractivity contribution is 5.89. The van der Waals surface area contributed by atoms with Crippen molar-refractivity contribution in [1.82, 2.24) is 0 Å². The Morgan fingerprint density at radius 3 is 1.27 bits per heavy atom. The van der Waals surface area contributed by atoms with Crippen LogP contribution in [0.4, 0.5) is 11.4 Å². The van der Waals surface area contributed by atoms with Gasteiger partial charge in [-0.15, -0.1) is 0 Å². The first-order chi connectivity index (χ1) is 10.5. The molecule has 0 aliphatic carbocycles. The number of amides is 2. The SMILES string of the molecule is CC(=O)Nc1ccc(/C=C/c2ccc(NC(C)=O)cc2)cc1. The van der Waals surface area contributed by atoms with Gasteiger partial charge in [0.25, 0.3) is 0 Å². The maximum Gasteiger partial charge on any atom is 0.221 e. The van der Waals surface area contributed by atoms with E-state index in [9.17, 15) is 9.59 Å². The van der Waals surface area contributed by atoms with Gasteiger partial charge in [0.1, 0.15) is 0 Å². The molecule has 2 rings (SSSR count). The van der Waals surface area contributed by atoms with Gasteiger partial charge in [-0.05, 0) is 35.4 Å². The van der Waals surface area contributed by atoms with Crippen molar-refractivity contribution in [2.24, 2.45) is 0 Å². The molecule has 0 aromatic heterocycles. The number of hydrogen-bond acceptors (Lipinski definition) is 2. The third-order valence-corrected chi connectivity index (χ3v) is 2.93. The highest BCUT2D eigenvalue weighted by Gasteiger charge is 1.96. The maximum absolute atomic E-state index is 11.0. The van der Waals surface area contributed by atoms with Gasteiger partial charge in [-0.25, -0.2) is 0 Å². The van der Waals surface area contributed by atoms with Crippen LogP contribution < -0.4 is 10.6 Å². The average molecular weight is 294 g/mol. The molecule has 0 heterocycles. The summed E-state index contributed by atoms with van der Waals surface area (Å²) in [6.07, 6.45) is 3.98. The molecule has 0 unspecified atom stereocenters. The molecule has 0 atom stereocenters. The van der Waals surface area contributed by atoms with Gasteiger partial charge in [0.2, 0.25) is 11.8 Å². The molecule has 0 saturated carbocycles. The molecule has 22 heavy (non-hydrogen) atoms. The van der Waals surface area contributed by atoms with Crippen molar-refractivity contribution in [3.63, 3.8) is 0 Å². The van der Waals surface area contributed by atoms with E-state index >= 15 is 0 Å². The van der Waals surface area contributed by atoms with Crippen molar-refractivity contribution in [1.29, 1.82) is 0 Å². The number of anilines is 2. The molecule has 2 N–H and O–H groups in total. The van der Waals surface area contributed by atoms with Crippen molar-refractivity contribution in [3.05, 3.63) is 59.7 Å². The van der Waals surface area contributed by atoms with Crippen LogP contribution in [0.3, 0.4) is 0 Å². The van der Waals surface area contributed by atoms with Crippen molar-refractivity contribution < 1.29 is 9.59 Å². The smallest absolute Gasteiger partial charge is 0.221 e. The van der Waals surface area contributed by atoms with Crippen molar-refractivity contribution in [2.45, 2.75) is 13.8 Å². The summed E-state index contributed by atoms with van der Waals surface area (Å²) in [5, 5.41) is 5.46. The van der Waals surface area contributed by atoms with Crippen LogP contribution >= 0.6 is 0 Å². The van der Waals surface area contributed by atoms with Crippen molar-refractivity contribution in [3.8, 4) is 0 Å². The molecular weight excluding hydrogens is 276 g/mol. The Balaban J connectivity index is 2.01. The fraction of sp³-hybridized carbons (Fsp3) is 0.111. The van der Waals surface area contributed by atoms with E-state index in [1.807, 2.05) is 60.7 Å². The van der Waals surface area contributed by atoms with E-state index in [1.165, 1.54) is 13.8 Å². The highest BCUT2D eigenvalue weighted by Crippen LogP contribution is 2.14. The lowest BCUT2D eigenvalue weighted by Gasteiger charge is -2.03. The standard InChI is InChI=1S/C18H18N2O2/c1-13(21)19-17-9-5-15(6-10-17)3-4-16-7-11-18(12-8-16)20-14(2)22/h3-12H,1-2H3,(H,19,21)(H,20,22)/b4-3+. The number of carbonyl (C=O) groups excluding carboxylic acids is 2. The van der Waals surface area contributed by atoms with Gasteiger partial charge in [0.15, 0.2) is 0 Å². The molecule has 0 saturated heterocycles.